The zero-order chi connectivity index (χ0) is 22.1. The number of nitro benzene ring substituents is 1. The Labute approximate surface area is 173 Å². The summed E-state index contributed by atoms with van der Waals surface area (Å²) in [6, 6.07) is 14.0. The van der Waals surface area contributed by atoms with E-state index in [-0.39, 0.29) is 42.5 Å². The van der Waals surface area contributed by atoms with E-state index in [9.17, 15) is 24.5 Å². The van der Waals surface area contributed by atoms with Crippen molar-refractivity contribution in [3.05, 3.63) is 75.8 Å². The van der Waals surface area contributed by atoms with Crippen molar-refractivity contribution in [2.24, 2.45) is 5.73 Å². The van der Waals surface area contributed by atoms with Gasteiger partial charge < -0.3 is 16.4 Å². The van der Waals surface area contributed by atoms with Crippen LogP contribution in [0.3, 0.4) is 0 Å². The summed E-state index contributed by atoms with van der Waals surface area (Å²) in [6.07, 6.45) is -0.330. The summed E-state index contributed by atoms with van der Waals surface area (Å²) in [5.41, 5.74) is 6.40. The Morgan fingerprint density at radius 1 is 0.967 bits per heavy atom. The number of primary amides is 1. The van der Waals surface area contributed by atoms with E-state index in [2.05, 4.69) is 10.6 Å². The number of nitrogens with two attached hydrogens (primary N) is 1. The molecule has 0 aliphatic heterocycles. The number of nitro groups is 1. The topological polar surface area (TPSA) is 144 Å². The fourth-order valence-electron chi connectivity index (χ4n) is 2.94. The quantitative estimate of drug-likeness (QED) is 0.402. The van der Waals surface area contributed by atoms with Crippen molar-refractivity contribution in [2.45, 2.75) is 38.3 Å². The number of hydrogen-bond donors (Lipinski definition) is 3. The van der Waals surface area contributed by atoms with Gasteiger partial charge in [-0.2, -0.15) is 0 Å². The first-order valence-corrected chi connectivity index (χ1v) is 9.43. The molecule has 0 unspecified atom stereocenters. The van der Waals surface area contributed by atoms with Crippen molar-refractivity contribution in [1.29, 1.82) is 0 Å². The van der Waals surface area contributed by atoms with Crippen LogP contribution in [0.4, 0.5) is 5.69 Å². The summed E-state index contributed by atoms with van der Waals surface area (Å²) in [5.74, 6) is -1.67. The number of rotatable bonds is 10. The third kappa shape index (κ3) is 6.69. The number of para-hydroxylation sites is 1. The molecule has 9 heteroatoms. The molecule has 2 aromatic carbocycles. The van der Waals surface area contributed by atoms with Gasteiger partial charge in [0.05, 0.1) is 11.0 Å². The van der Waals surface area contributed by atoms with Crippen molar-refractivity contribution in [3.8, 4) is 0 Å². The molecule has 0 saturated carbocycles. The lowest BCUT2D eigenvalue weighted by Gasteiger charge is -2.16. The van der Waals surface area contributed by atoms with Crippen LogP contribution in [0.2, 0.25) is 0 Å². The van der Waals surface area contributed by atoms with Gasteiger partial charge in [-0.25, -0.2) is 0 Å². The number of amides is 3. The van der Waals surface area contributed by atoms with Crippen LogP contribution in [0.5, 0.6) is 0 Å². The molecule has 0 radical (unpaired) electrons. The third-order valence-corrected chi connectivity index (χ3v) is 4.55. The normalized spacial score (nSPS) is 12.4. The lowest BCUT2D eigenvalue weighted by molar-refractivity contribution is -0.385. The van der Waals surface area contributed by atoms with E-state index in [1.54, 1.807) is 6.07 Å². The van der Waals surface area contributed by atoms with E-state index in [4.69, 9.17) is 5.73 Å². The van der Waals surface area contributed by atoms with Crippen molar-refractivity contribution in [3.63, 3.8) is 0 Å². The second-order valence-corrected chi connectivity index (χ2v) is 6.81. The Balaban J connectivity index is 1.89. The van der Waals surface area contributed by atoms with Gasteiger partial charge in [-0.3, -0.25) is 24.5 Å². The van der Waals surface area contributed by atoms with Crippen LogP contribution in [0.15, 0.2) is 54.6 Å². The van der Waals surface area contributed by atoms with Gasteiger partial charge in [0.1, 0.15) is 6.04 Å². The van der Waals surface area contributed by atoms with Crippen molar-refractivity contribution in [2.75, 3.05) is 0 Å². The fraction of sp³-hybridized carbons (Fsp3) is 0.286. The number of nitrogens with one attached hydrogen (secondary N) is 2. The summed E-state index contributed by atoms with van der Waals surface area (Å²) in [7, 11) is 0. The van der Waals surface area contributed by atoms with E-state index in [0.29, 0.717) is 0 Å². The molecule has 0 fully saturated rings. The van der Waals surface area contributed by atoms with Gasteiger partial charge in [0.2, 0.25) is 17.7 Å². The molecule has 9 nitrogen and oxygen atoms in total. The van der Waals surface area contributed by atoms with Gasteiger partial charge >= 0.3 is 0 Å². The average molecular weight is 412 g/mol. The lowest BCUT2D eigenvalue weighted by Crippen LogP contribution is -2.46. The first-order valence-electron chi connectivity index (χ1n) is 9.43. The fourth-order valence-corrected chi connectivity index (χ4v) is 2.94. The summed E-state index contributed by atoms with van der Waals surface area (Å²) < 4.78 is 0. The SMILES string of the molecule is C[C@@H](NC(=O)CCC(=O)N[C@@H](Cc1ccccc1[N+](=O)[O-])C(N)=O)c1ccccc1. The predicted octanol–water partition coefficient (Wildman–Crippen LogP) is 1.76. The van der Waals surface area contributed by atoms with Gasteiger partial charge in [-0.1, -0.05) is 48.5 Å². The number of nitrogens with zero attached hydrogens (tertiary/aromatic N) is 1. The lowest BCUT2D eigenvalue weighted by atomic mass is 10.0. The van der Waals surface area contributed by atoms with Crippen LogP contribution in [-0.2, 0) is 20.8 Å². The number of carbonyl (C=O) groups is 3. The van der Waals surface area contributed by atoms with Gasteiger partial charge in [-0.05, 0) is 12.5 Å². The molecule has 0 heterocycles. The Morgan fingerprint density at radius 2 is 1.53 bits per heavy atom. The molecular weight excluding hydrogens is 388 g/mol. The second-order valence-electron chi connectivity index (χ2n) is 6.81. The minimum Gasteiger partial charge on any atom is -0.368 e. The predicted molar refractivity (Wildman–Crippen MR) is 110 cm³/mol. The maximum Gasteiger partial charge on any atom is 0.272 e. The van der Waals surface area contributed by atoms with Crippen LogP contribution in [0.25, 0.3) is 0 Å². The molecule has 0 saturated heterocycles. The first kappa shape index (κ1) is 22.5. The molecule has 158 valence electrons. The summed E-state index contributed by atoms with van der Waals surface area (Å²) >= 11 is 0. The maximum atomic E-state index is 12.2. The molecule has 0 aromatic heterocycles. The molecule has 2 rings (SSSR count). The number of benzene rings is 2. The largest absolute Gasteiger partial charge is 0.368 e. The zero-order valence-corrected chi connectivity index (χ0v) is 16.5. The highest BCUT2D eigenvalue weighted by molar-refractivity contribution is 5.89. The summed E-state index contributed by atoms with van der Waals surface area (Å²) in [4.78, 5) is 46.6. The molecule has 30 heavy (non-hydrogen) atoms. The smallest absolute Gasteiger partial charge is 0.272 e. The summed E-state index contributed by atoms with van der Waals surface area (Å²) in [6.45, 7) is 1.84. The molecule has 0 spiro atoms. The average Bonchev–Trinajstić information content (AvgIpc) is 2.72. The molecule has 2 atom stereocenters. The number of carbonyl (C=O) groups excluding carboxylic acids is 3. The van der Waals surface area contributed by atoms with E-state index in [1.807, 2.05) is 37.3 Å². The van der Waals surface area contributed by atoms with E-state index >= 15 is 0 Å². The van der Waals surface area contributed by atoms with E-state index < -0.39 is 22.8 Å². The van der Waals surface area contributed by atoms with E-state index in [0.717, 1.165) is 5.56 Å². The highest BCUT2D eigenvalue weighted by atomic mass is 16.6. The third-order valence-electron chi connectivity index (χ3n) is 4.55. The maximum absolute atomic E-state index is 12.2. The standard InChI is InChI=1S/C21H24N4O5/c1-14(15-7-3-2-4-8-15)23-19(26)11-12-20(27)24-17(21(22)28)13-16-9-5-6-10-18(16)25(29)30/h2-10,14,17H,11-13H2,1H3,(H2,22,28)(H,23,26)(H,24,27)/t14-,17+/m1/s1. The molecule has 0 aliphatic rings. The van der Waals surface area contributed by atoms with Gasteiger partial charge in [0.25, 0.3) is 5.69 Å². The molecule has 0 bridgehead atoms. The minimum atomic E-state index is -1.12. The highest BCUT2D eigenvalue weighted by Crippen LogP contribution is 2.19. The second kappa shape index (κ2) is 10.7. The first-order chi connectivity index (χ1) is 14.3. The molecule has 0 aliphatic carbocycles. The molecule has 2 aromatic rings. The Morgan fingerprint density at radius 3 is 2.13 bits per heavy atom. The van der Waals surface area contributed by atoms with Crippen molar-refractivity contribution < 1.29 is 19.3 Å². The highest BCUT2D eigenvalue weighted by Gasteiger charge is 2.23. The van der Waals surface area contributed by atoms with Gasteiger partial charge in [-0.15, -0.1) is 0 Å². The zero-order valence-electron chi connectivity index (χ0n) is 16.5. The van der Waals surface area contributed by atoms with Crippen LogP contribution in [0.1, 0.15) is 36.9 Å². The van der Waals surface area contributed by atoms with Crippen molar-refractivity contribution in [1.82, 2.24) is 10.6 Å². The van der Waals surface area contributed by atoms with Crippen LogP contribution < -0.4 is 16.4 Å². The molecular formula is C21H24N4O5. The Bertz CT molecular complexity index is 917. The molecule has 3 amide bonds. The van der Waals surface area contributed by atoms with E-state index in [1.165, 1.54) is 18.2 Å². The van der Waals surface area contributed by atoms with Gasteiger partial charge in [0, 0.05) is 30.9 Å². The minimum absolute atomic E-state index is 0.0695. The monoisotopic (exact) mass is 412 g/mol. The van der Waals surface area contributed by atoms with Crippen LogP contribution in [-0.4, -0.2) is 28.7 Å². The van der Waals surface area contributed by atoms with Crippen LogP contribution >= 0.6 is 0 Å². The summed E-state index contributed by atoms with van der Waals surface area (Å²) in [5, 5.41) is 16.4. The Hall–Kier alpha value is -3.75. The molecule has 4 N–H and O–H groups in total. The van der Waals surface area contributed by atoms with Crippen molar-refractivity contribution >= 4 is 23.4 Å². The number of hydrogen-bond acceptors (Lipinski definition) is 5. The Kier molecular flexibility index (Phi) is 8.04. The van der Waals surface area contributed by atoms with Crippen LogP contribution in [0, 0.1) is 10.1 Å². The van der Waals surface area contributed by atoms with Gasteiger partial charge in [0.15, 0.2) is 0 Å².